The Bertz CT molecular complexity index is 389. The molecule has 0 aromatic carbocycles. The van der Waals surface area contributed by atoms with Crippen molar-refractivity contribution in [1.29, 1.82) is 0 Å². The van der Waals surface area contributed by atoms with Gasteiger partial charge in [-0.2, -0.15) is 0 Å². The summed E-state index contributed by atoms with van der Waals surface area (Å²) in [5.74, 6) is -10.8. The molecular weight excluding hydrogens is 302 g/mol. The van der Waals surface area contributed by atoms with E-state index in [4.69, 9.17) is 0 Å². The van der Waals surface area contributed by atoms with Crippen molar-refractivity contribution >= 4 is 35.8 Å². The van der Waals surface area contributed by atoms with Gasteiger partial charge in [0, 0.05) is 0 Å². The molecule has 0 amide bonds. The molecule has 0 aliphatic heterocycles. The normalized spacial score (nSPS) is 8.20. The van der Waals surface area contributed by atoms with E-state index in [1.54, 1.807) is 0 Å². The van der Waals surface area contributed by atoms with Gasteiger partial charge in [-0.15, -0.1) is 0 Å². The number of aliphatic carboxylic acids is 2. The van der Waals surface area contributed by atoms with Crippen LogP contribution in [0.5, 0.6) is 0 Å². The van der Waals surface area contributed by atoms with Gasteiger partial charge in [0.05, 0.1) is 24.8 Å². The summed E-state index contributed by atoms with van der Waals surface area (Å²) < 4.78 is 7.28. The van der Waals surface area contributed by atoms with Crippen molar-refractivity contribution in [2.75, 3.05) is 0 Å². The number of ether oxygens (including phenoxy) is 2. The molecule has 12 heteroatoms. The SMILES string of the molecule is O=C([O-])CC(=O)OC(=O)C(=O)OC(=O)CC(=O)[O-].[Na+].[Na+]. The van der Waals surface area contributed by atoms with Gasteiger partial charge in [-0.05, 0) is 0 Å². The second kappa shape index (κ2) is 12.0. The number of hydrogen-bond donors (Lipinski definition) is 0. The maximum absolute atomic E-state index is 10.7. The van der Waals surface area contributed by atoms with Crippen LogP contribution < -0.4 is 69.3 Å². The average molecular weight is 306 g/mol. The fraction of sp³-hybridized carbons (Fsp3) is 0.250. The molecule has 0 aromatic rings. The summed E-state index contributed by atoms with van der Waals surface area (Å²) in [7, 11) is 0. The summed E-state index contributed by atoms with van der Waals surface area (Å²) in [6.45, 7) is 0. The van der Waals surface area contributed by atoms with Gasteiger partial charge in [0.15, 0.2) is 0 Å². The molecule has 10 nitrogen and oxygen atoms in total. The molecule has 0 aliphatic carbocycles. The third-order valence-electron chi connectivity index (χ3n) is 1.16. The molecule has 0 atom stereocenters. The number of hydrogen-bond acceptors (Lipinski definition) is 10. The quantitative estimate of drug-likeness (QED) is 0.210. The van der Waals surface area contributed by atoms with E-state index >= 15 is 0 Å². The van der Waals surface area contributed by atoms with Crippen LogP contribution in [0.1, 0.15) is 12.8 Å². The zero-order valence-corrected chi connectivity index (χ0v) is 14.5. The largest absolute Gasteiger partial charge is 1.00 e. The first-order chi connectivity index (χ1) is 8.22. The van der Waals surface area contributed by atoms with Gasteiger partial charge in [-0.3, -0.25) is 9.59 Å². The Morgan fingerprint density at radius 3 is 1.10 bits per heavy atom. The van der Waals surface area contributed by atoms with Crippen molar-refractivity contribution in [3.8, 4) is 0 Å². The van der Waals surface area contributed by atoms with E-state index in [2.05, 4.69) is 9.47 Å². The van der Waals surface area contributed by atoms with Crippen LogP contribution in [0, 0.1) is 0 Å². The molecular formula is C8H4Na2O10. The summed E-state index contributed by atoms with van der Waals surface area (Å²) in [6, 6.07) is 0. The van der Waals surface area contributed by atoms with Gasteiger partial charge in [0.1, 0.15) is 0 Å². The van der Waals surface area contributed by atoms with Crippen LogP contribution in [0.15, 0.2) is 0 Å². The van der Waals surface area contributed by atoms with E-state index in [1.807, 2.05) is 0 Å². The van der Waals surface area contributed by atoms with Gasteiger partial charge in [-0.25, -0.2) is 9.59 Å². The molecule has 98 valence electrons. The van der Waals surface area contributed by atoms with Crippen molar-refractivity contribution in [3.05, 3.63) is 0 Å². The molecule has 0 fully saturated rings. The third kappa shape index (κ3) is 12.3. The minimum Gasteiger partial charge on any atom is -0.550 e. The number of rotatable bonds is 4. The first-order valence-corrected chi connectivity index (χ1v) is 4.11. The molecule has 0 aromatic heterocycles. The molecule has 0 spiro atoms. The van der Waals surface area contributed by atoms with Gasteiger partial charge in [-0.1, -0.05) is 0 Å². The monoisotopic (exact) mass is 306 g/mol. The van der Waals surface area contributed by atoms with Gasteiger partial charge in [0.25, 0.3) is 0 Å². The first-order valence-electron chi connectivity index (χ1n) is 4.11. The summed E-state index contributed by atoms with van der Waals surface area (Å²) in [4.78, 5) is 62.4. The minimum atomic E-state index is -1.96. The Kier molecular flexibility index (Phi) is 14.5. The molecule has 0 bridgehead atoms. The third-order valence-corrected chi connectivity index (χ3v) is 1.16. The predicted octanol–water partition coefficient (Wildman–Crippen LogP) is -10.6. The number of carbonyl (C=O) groups excluding carboxylic acids is 6. The summed E-state index contributed by atoms with van der Waals surface area (Å²) in [5.41, 5.74) is 0. The standard InChI is InChI=1S/C8H6O10.2Na/c9-3(10)1-5(13)17-7(15)8(16)18-6(14)2-4(11)12;;/h1-2H2,(H,9,10)(H,11,12);;/q;2*+1/p-2. The Labute approximate surface area is 155 Å². The smallest absolute Gasteiger partial charge is 0.550 e. The summed E-state index contributed by atoms with van der Waals surface area (Å²) in [5, 5.41) is 19.8. The van der Waals surface area contributed by atoms with Crippen LogP contribution >= 0.6 is 0 Å². The van der Waals surface area contributed by atoms with Crippen LogP contribution in [0.4, 0.5) is 0 Å². The zero-order chi connectivity index (χ0) is 14.3. The van der Waals surface area contributed by atoms with Gasteiger partial charge < -0.3 is 29.3 Å². The van der Waals surface area contributed by atoms with Crippen molar-refractivity contribution in [1.82, 2.24) is 0 Å². The van der Waals surface area contributed by atoms with Crippen molar-refractivity contribution < 1.29 is 108 Å². The number of esters is 4. The van der Waals surface area contributed by atoms with Gasteiger partial charge in [0.2, 0.25) is 0 Å². The number of carbonyl (C=O) groups is 6. The van der Waals surface area contributed by atoms with E-state index < -0.39 is 48.7 Å². The van der Waals surface area contributed by atoms with Crippen molar-refractivity contribution in [2.45, 2.75) is 12.8 Å². The molecule has 0 saturated carbocycles. The number of carboxylic acids is 2. The molecule has 0 radical (unpaired) electrons. The van der Waals surface area contributed by atoms with Gasteiger partial charge >= 0.3 is 83.0 Å². The Balaban J connectivity index is -0.00000144. The summed E-state index contributed by atoms with van der Waals surface area (Å²) in [6.07, 6.45) is -2.57. The maximum Gasteiger partial charge on any atom is 1.00 e. The maximum atomic E-state index is 10.7. The topological polar surface area (TPSA) is 167 Å². The molecule has 0 aliphatic rings. The van der Waals surface area contributed by atoms with E-state index in [0.29, 0.717) is 0 Å². The van der Waals surface area contributed by atoms with Crippen molar-refractivity contribution in [2.24, 2.45) is 0 Å². The average Bonchev–Trinajstić information content (AvgIpc) is 2.13. The second-order valence-electron chi connectivity index (χ2n) is 2.62. The van der Waals surface area contributed by atoms with Crippen LogP contribution in [0.3, 0.4) is 0 Å². The van der Waals surface area contributed by atoms with E-state index in [9.17, 15) is 39.0 Å². The molecule has 0 saturated heterocycles. The Morgan fingerprint density at radius 1 is 0.650 bits per heavy atom. The molecule has 20 heavy (non-hydrogen) atoms. The fourth-order valence-corrected chi connectivity index (χ4v) is 0.598. The van der Waals surface area contributed by atoms with Crippen LogP contribution in [-0.4, -0.2) is 35.8 Å². The Hall–Kier alpha value is -0.780. The first kappa shape index (κ1) is 24.3. The van der Waals surface area contributed by atoms with E-state index in [0.717, 1.165) is 0 Å². The summed E-state index contributed by atoms with van der Waals surface area (Å²) >= 11 is 0. The molecule has 0 heterocycles. The van der Waals surface area contributed by atoms with Crippen molar-refractivity contribution in [3.63, 3.8) is 0 Å². The zero-order valence-electron chi connectivity index (χ0n) is 10.5. The number of carboxylic acid groups (broad SMARTS) is 2. The van der Waals surface area contributed by atoms with Crippen LogP contribution in [0.2, 0.25) is 0 Å². The molecule has 0 unspecified atom stereocenters. The van der Waals surface area contributed by atoms with E-state index in [-0.39, 0.29) is 59.1 Å². The molecule has 0 rings (SSSR count). The van der Waals surface area contributed by atoms with Crippen LogP contribution in [0.25, 0.3) is 0 Å². The fourth-order valence-electron chi connectivity index (χ4n) is 0.598. The minimum absolute atomic E-state index is 0. The second-order valence-corrected chi connectivity index (χ2v) is 2.62. The Morgan fingerprint density at radius 2 is 0.900 bits per heavy atom. The van der Waals surface area contributed by atoms with E-state index in [1.165, 1.54) is 0 Å². The predicted molar refractivity (Wildman–Crippen MR) is 41.4 cm³/mol. The molecule has 0 N–H and O–H groups in total. The van der Waals surface area contributed by atoms with Crippen LogP contribution in [-0.2, 0) is 38.2 Å².